The van der Waals surface area contributed by atoms with Crippen LogP contribution in [0.1, 0.15) is 44.9 Å². The van der Waals surface area contributed by atoms with E-state index in [0.29, 0.717) is 12.5 Å². The monoisotopic (exact) mass is 320 g/mol. The Hall–Kier alpha value is -1.40. The van der Waals surface area contributed by atoms with Crippen LogP contribution in [0.15, 0.2) is 12.4 Å². The van der Waals surface area contributed by atoms with Crippen molar-refractivity contribution >= 4 is 11.6 Å². The molecule has 2 aliphatic rings. The maximum absolute atomic E-state index is 10.6. The molecule has 0 amide bonds. The molecule has 1 aliphatic heterocycles. The summed E-state index contributed by atoms with van der Waals surface area (Å²) >= 11 is 0. The van der Waals surface area contributed by atoms with Crippen LogP contribution in [0.25, 0.3) is 0 Å². The second-order valence-electron chi connectivity index (χ2n) is 7.04. The van der Waals surface area contributed by atoms with Crippen LogP contribution >= 0.6 is 0 Å². The van der Waals surface area contributed by atoms with E-state index in [9.17, 15) is 10.2 Å². The Morgan fingerprint density at radius 2 is 2.04 bits per heavy atom. The van der Waals surface area contributed by atoms with E-state index in [1.54, 1.807) is 6.33 Å². The van der Waals surface area contributed by atoms with E-state index in [4.69, 9.17) is 0 Å². The van der Waals surface area contributed by atoms with Crippen molar-refractivity contribution in [1.82, 2.24) is 9.97 Å². The summed E-state index contributed by atoms with van der Waals surface area (Å²) in [5.74, 6) is 1.99. The molecule has 3 N–H and O–H groups in total. The number of nitrogens with zero attached hydrogens (tertiary/aromatic N) is 3. The van der Waals surface area contributed by atoms with Gasteiger partial charge in [0.05, 0.1) is 5.60 Å². The zero-order valence-electron chi connectivity index (χ0n) is 13.7. The van der Waals surface area contributed by atoms with Gasteiger partial charge in [0.15, 0.2) is 0 Å². The third-order valence-electron chi connectivity index (χ3n) is 5.14. The lowest BCUT2D eigenvalue weighted by Gasteiger charge is -2.33. The van der Waals surface area contributed by atoms with Gasteiger partial charge in [0.2, 0.25) is 0 Å². The van der Waals surface area contributed by atoms with Gasteiger partial charge in [0.25, 0.3) is 0 Å². The molecule has 1 aromatic rings. The van der Waals surface area contributed by atoms with Crippen molar-refractivity contribution in [2.75, 3.05) is 36.5 Å². The van der Waals surface area contributed by atoms with Crippen LogP contribution in [0.5, 0.6) is 0 Å². The Morgan fingerprint density at radius 3 is 2.83 bits per heavy atom. The average molecular weight is 320 g/mol. The minimum atomic E-state index is -0.601. The summed E-state index contributed by atoms with van der Waals surface area (Å²) in [6, 6.07) is 1.95. The van der Waals surface area contributed by atoms with Crippen molar-refractivity contribution in [1.29, 1.82) is 0 Å². The van der Waals surface area contributed by atoms with E-state index in [-0.39, 0.29) is 6.61 Å². The minimum Gasteiger partial charge on any atom is -0.396 e. The summed E-state index contributed by atoms with van der Waals surface area (Å²) < 4.78 is 0. The Morgan fingerprint density at radius 1 is 1.22 bits per heavy atom. The van der Waals surface area contributed by atoms with Crippen LogP contribution in [0.3, 0.4) is 0 Å². The predicted octanol–water partition coefficient (Wildman–Crippen LogP) is 1.79. The maximum atomic E-state index is 10.6. The molecule has 0 radical (unpaired) electrons. The highest BCUT2D eigenvalue weighted by Gasteiger charge is 2.29. The van der Waals surface area contributed by atoms with Gasteiger partial charge in [0, 0.05) is 32.3 Å². The van der Waals surface area contributed by atoms with Gasteiger partial charge in [-0.25, -0.2) is 9.97 Å². The Labute approximate surface area is 138 Å². The van der Waals surface area contributed by atoms with E-state index in [1.165, 1.54) is 6.42 Å². The average Bonchev–Trinajstić information content (AvgIpc) is 2.61. The molecule has 128 valence electrons. The Kier molecular flexibility index (Phi) is 5.33. The molecule has 0 aromatic carbocycles. The molecule has 23 heavy (non-hydrogen) atoms. The maximum Gasteiger partial charge on any atom is 0.134 e. The number of aliphatic hydroxyl groups is 2. The fourth-order valence-electron chi connectivity index (χ4n) is 3.68. The predicted molar refractivity (Wildman–Crippen MR) is 90.6 cm³/mol. The first-order valence-corrected chi connectivity index (χ1v) is 8.83. The fourth-order valence-corrected chi connectivity index (χ4v) is 3.68. The SMILES string of the molecule is OCC1CCCN(c2cc(NCC3(O)CCCCC3)ncn2)C1. The number of nitrogens with one attached hydrogen (secondary N) is 1. The molecule has 2 heterocycles. The zero-order valence-corrected chi connectivity index (χ0v) is 13.7. The molecule has 1 aliphatic carbocycles. The fraction of sp³-hybridized carbons (Fsp3) is 0.765. The molecule has 1 atom stereocenters. The van der Waals surface area contributed by atoms with Gasteiger partial charge < -0.3 is 20.4 Å². The number of aromatic nitrogens is 2. The van der Waals surface area contributed by atoms with Crippen molar-refractivity contribution < 1.29 is 10.2 Å². The first-order chi connectivity index (χ1) is 11.2. The minimum absolute atomic E-state index is 0.236. The summed E-state index contributed by atoms with van der Waals surface area (Å²) in [7, 11) is 0. The van der Waals surface area contributed by atoms with E-state index in [1.807, 2.05) is 6.07 Å². The largest absolute Gasteiger partial charge is 0.396 e. The van der Waals surface area contributed by atoms with E-state index in [2.05, 4.69) is 20.2 Å². The lowest BCUT2D eigenvalue weighted by Crippen LogP contribution is -2.39. The summed E-state index contributed by atoms with van der Waals surface area (Å²) in [5, 5.41) is 23.2. The third-order valence-corrected chi connectivity index (χ3v) is 5.14. The molecule has 0 bridgehead atoms. The van der Waals surface area contributed by atoms with E-state index < -0.39 is 5.60 Å². The Bertz CT molecular complexity index is 505. The normalized spacial score (nSPS) is 24.4. The molecule has 1 unspecified atom stereocenters. The Balaban J connectivity index is 1.60. The summed E-state index contributed by atoms with van der Waals surface area (Å²) in [6.07, 6.45) is 8.89. The molecule has 1 aromatic heterocycles. The highest BCUT2D eigenvalue weighted by atomic mass is 16.3. The van der Waals surface area contributed by atoms with Gasteiger partial charge in [-0.15, -0.1) is 0 Å². The number of rotatable bonds is 5. The highest BCUT2D eigenvalue weighted by molar-refractivity contribution is 5.48. The molecular formula is C17H28N4O2. The van der Waals surface area contributed by atoms with Crippen molar-refractivity contribution in [3.05, 3.63) is 12.4 Å². The quantitative estimate of drug-likeness (QED) is 0.767. The summed E-state index contributed by atoms with van der Waals surface area (Å²) in [6.45, 7) is 2.59. The molecule has 1 saturated carbocycles. The number of anilines is 2. The van der Waals surface area contributed by atoms with Crippen LogP contribution in [0, 0.1) is 5.92 Å². The first-order valence-electron chi connectivity index (χ1n) is 8.83. The van der Waals surface area contributed by atoms with Crippen molar-refractivity contribution in [3.63, 3.8) is 0 Å². The number of hydrogen-bond donors (Lipinski definition) is 3. The van der Waals surface area contributed by atoms with Crippen LogP contribution in [-0.4, -0.2) is 52.0 Å². The van der Waals surface area contributed by atoms with Gasteiger partial charge in [-0.3, -0.25) is 0 Å². The lowest BCUT2D eigenvalue weighted by atomic mass is 9.85. The first kappa shape index (κ1) is 16.5. The summed E-state index contributed by atoms with van der Waals surface area (Å²) in [4.78, 5) is 10.9. The van der Waals surface area contributed by atoms with Crippen LogP contribution in [0.2, 0.25) is 0 Å². The molecular weight excluding hydrogens is 292 g/mol. The lowest BCUT2D eigenvalue weighted by molar-refractivity contribution is 0.0166. The van der Waals surface area contributed by atoms with Gasteiger partial charge >= 0.3 is 0 Å². The van der Waals surface area contributed by atoms with Crippen LogP contribution < -0.4 is 10.2 Å². The second kappa shape index (κ2) is 7.45. The van der Waals surface area contributed by atoms with Crippen molar-refractivity contribution in [2.45, 2.75) is 50.5 Å². The smallest absolute Gasteiger partial charge is 0.134 e. The number of hydrogen-bond acceptors (Lipinski definition) is 6. The standard InChI is InChI=1S/C17H28N4O2/c22-11-14-5-4-8-21(10-14)16-9-15(19-13-20-16)18-12-17(23)6-2-1-3-7-17/h9,13-14,22-23H,1-8,10-12H2,(H,18,19,20). The molecule has 0 spiro atoms. The summed E-state index contributed by atoms with van der Waals surface area (Å²) in [5.41, 5.74) is -0.601. The van der Waals surface area contributed by atoms with Crippen molar-refractivity contribution in [3.8, 4) is 0 Å². The van der Waals surface area contributed by atoms with E-state index in [0.717, 1.165) is 63.3 Å². The number of aliphatic hydroxyl groups excluding tert-OH is 1. The molecule has 3 rings (SSSR count). The molecule has 6 nitrogen and oxygen atoms in total. The second-order valence-corrected chi connectivity index (χ2v) is 7.04. The highest BCUT2D eigenvalue weighted by Crippen LogP contribution is 2.28. The molecule has 6 heteroatoms. The van der Waals surface area contributed by atoms with E-state index >= 15 is 0 Å². The van der Waals surface area contributed by atoms with Gasteiger partial charge in [-0.2, -0.15) is 0 Å². The molecule has 2 fully saturated rings. The van der Waals surface area contributed by atoms with Gasteiger partial charge in [-0.1, -0.05) is 19.3 Å². The van der Waals surface area contributed by atoms with Crippen LogP contribution in [0.4, 0.5) is 11.6 Å². The molecule has 1 saturated heterocycles. The third kappa shape index (κ3) is 4.32. The van der Waals surface area contributed by atoms with Crippen molar-refractivity contribution in [2.24, 2.45) is 5.92 Å². The van der Waals surface area contributed by atoms with Gasteiger partial charge in [0.1, 0.15) is 18.0 Å². The topological polar surface area (TPSA) is 81.5 Å². The van der Waals surface area contributed by atoms with Crippen LogP contribution in [-0.2, 0) is 0 Å². The number of piperidine rings is 1. The zero-order chi connectivity index (χ0) is 16.1. The van der Waals surface area contributed by atoms with Gasteiger partial charge in [-0.05, 0) is 31.6 Å².